The zero-order valence-electron chi connectivity index (χ0n) is 18.2. The molecule has 2 aromatic carbocycles. The summed E-state index contributed by atoms with van der Waals surface area (Å²) in [7, 11) is 3.10. The number of aromatic nitrogens is 2. The van der Waals surface area contributed by atoms with Crippen LogP contribution in [0.2, 0.25) is 0 Å². The lowest BCUT2D eigenvalue weighted by molar-refractivity contribution is -0.113. The van der Waals surface area contributed by atoms with Crippen molar-refractivity contribution < 1.29 is 14.3 Å². The van der Waals surface area contributed by atoms with E-state index in [0.29, 0.717) is 45.7 Å². The normalized spacial score (nSPS) is 11.0. The van der Waals surface area contributed by atoms with Crippen molar-refractivity contribution >= 4 is 34.3 Å². The van der Waals surface area contributed by atoms with Crippen molar-refractivity contribution in [3.63, 3.8) is 0 Å². The first-order valence-corrected chi connectivity index (χ1v) is 11.1. The molecule has 0 aliphatic heterocycles. The molecule has 7 nitrogen and oxygen atoms in total. The van der Waals surface area contributed by atoms with Crippen LogP contribution >= 0.6 is 11.8 Å². The minimum atomic E-state index is -0.216. The summed E-state index contributed by atoms with van der Waals surface area (Å²) in [5.74, 6) is 1.49. The van der Waals surface area contributed by atoms with Crippen LogP contribution in [0.5, 0.6) is 11.5 Å². The molecular weight excluding hydrogens is 414 g/mol. The molecule has 0 spiro atoms. The summed E-state index contributed by atoms with van der Waals surface area (Å²) < 4.78 is 12.2. The number of hydrogen-bond donors (Lipinski definition) is 1. The molecule has 0 bridgehead atoms. The Morgan fingerprint density at radius 3 is 2.65 bits per heavy atom. The van der Waals surface area contributed by atoms with E-state index in [1.165, 1.54) is 18.9 Å². The van der Waals surface area contributed by atoms with Gasteiger partial charge >= 0.3 is 0 Å². The predicted octanol–water partition coefficient (Wildman–Crippen LogP) is 4.19. The molecule has 0 unspecified atom stereocenters. The molecular formula is C23H27N3O4S. The van der Waals surface area contributed by atoms with Gasteiger partial charge in [-0.25, -0.2) is 4.98 Å². The first-order valence-electron chi connectivity index (χ1n) is 10.1. The Balaban J connectivity index is 1.80. The van der Waals surface area contributed by atoms with Crippen LogP contribution in [0.1, 0.15) is 20.3 Å². The topological polar surface area (TPSA) is 82.5 Å². The lowest BCUT2D eigenvalue weighted by atomic mass is 10.1. The molecule has 31 heavy (non-hydrogen) atoms. The highest BCUT2D eigenvalue weighted by molar-refractivity contribution is 7.99. The van der Waals surface area contributed by atoms with Gasteiger partial charge in [0, 0.05) is 12.6 Å². The van der Waals surface area contributed by atoms with E-state index >= 15 is 0 Å². The average Bonchev–Trinajstić information content (AvgIpc) is 2.77. The summed E-state index contributed by atoms with van der Waals surface area (Å²) >= 11 is 1.25. The van der Waals surface area contributed by atoms with Gasteiger partial charge in [0.2, 0.25) is 5.91 Å². The maximum Gasteiger partial charge on any atom is 0.262 e. The summed E-state index contributed by atoms with van der Waals surface area (Å²) in [6.45, 7) is 4.79. The molecule has 0 saturated heterocycles. The van der Waals surface area contributed by atoms with Crippen molar-refractivity contribution in [2.75, 3.05) is 25.3 Å². The lowest BCUT2D eigenvalue weighted by Crippen LogP contribution is -2.25. The molecule has 0 radical (unpaired) electrons. The Hall–Kier alpha value is -3.00. The Bertz CT molecular complexity index is 1130. The number of nitrogens with zero attached hydrogens (tertiary/aromatic N) is 2. The molecule has 0 saturated carbocycles. The van der Waals surface area contributed by atoms with Crippen LogP contribution < -0.4 is 20.3 Å². The van der Waals surface area contributed by atoms with E-state index in [1.54, 1.807) is 35.9 Å². The second-order valence-corrected chi connectivity index (χ2v) is 8.40. The molecule has 3 rings (SSSR count). The van der Waals surface area contributed by atoms with Crippen LogP contribution in [0.25, 0.3) is 10.9 Å². The third-order valence-electron chi connectivity index (χ3n) is 4.77. The number of ether oxygens (including phenoxy) is 2. The highest BCUT2D eigenvalue weighted by Crippen LogP contribution is 2.29. The number of benzene rings is 2. The minimum Gasteiger partial charge on any atom is -0.497 e. The van der Waals surface area contributed by atoms with Crippen molar-refractivity contribution in [2.24, 2.45) is 5.92 Å². The number of nitrogens with one attached hydrogen (secondary N) is 1. The van der Waals surface area contributed by atoms with Crippen LogP contribution in [0.3, 0.4) is 0 Å². The Morgan fingerprint density at radius 1 is 1.16 bits per heavy atom. The minimum absolute atomic E-state index is 0.0778. The SMILES string of the molecule is COc1ccc(NC(=O)CSc2nc3ccccc3c(=O)n2CCC(C)C)c(OC)c1. The van der Waals surface area contributed by atoms with Crippen LogP contribution in [0, 0.1) is 5.92 Å². The monoisotopic (exact) mass is 441 g/mol. The molecule has 0 atom stereocenters. The van der Waals surface area contributed by atoms with Crippen molar-refractivity contribution in [1.82, 2.24) is 9.55 Å². The Morgan fingerprint density at radius 2 is 1.94 bits per heavy atom. The van der Waals surface area contributed by atoms with Crippen molar-refractivity contribution in [1.29, 1.82) is 0 Å². The van der Waals surface area contributed by atoms with Gasteiger partial charge in [0.1, 0.15) is 11.5 Å². The van der Waals surface area contributed by atoms with Crippen LogP contribution in [0.15, 0.2) is 52.4 Å². The van der Waals surface area contributed by atoms with E-state index in [4.69, 9.17) is 9.47 Å². The molecule has 1 amide bonds. The molecule has 3 aromatic rings. The molecule has 1 heterocycles. The number of carbonyl (C=O) groups excluding carboxylic acids is 1. The summed E-state index contributed by atoms with van der Waals surface area (Å²) in [5, 5.41) is 3.98. The van der Waals surface area contributed by atoms with Gasteiger partial charge in [0.25, 0.3) is 5.56 Å². The Kier molecular flexibility index (Phi) is 7.57. The van der Waals surface area contributed by atoms with E-state index in [9.17, 15) is 9.59 Å². The van der Waals surface area contributed by atoms with E-state index in [1.807, 2.05) is 18.2 Å². The first kappa shape index (κ1) is 22.7. The third kappa shape index (κ3) is 5.58. The smallest absolute Gasteiger partial charge is 0.262 e. The molecule has 0 fully saturated rings. The van der Waals surface area contributed by atoms with Gasteiger partial charge < -0.3 is 14.8 Å². The zero-order valence-corrected chi connectivity index (χ0v) is 19.0. The van der Waals surface area contributed by atoms with Crippen LogP contribution in [-0.4, -0.2) is 35.4 Å². The number of para-hydroxylation sites is 1. The fourth-order valence-electron chi connectivity index (χ4n) is 3.06. The number of methoxy groups -OCH3 is 2. The van der Waals surface area contributed by atoms with Crippen molar-refractivity contribution in [2.45, 2.75) is 32.0 Å². The van der Waals surface area contributed by atoms with Crippen molar-refractivity contribution in [3.8, 4) is 11.5 Å². The number of thioether (sulfide) groups is 1. The van der Waals surface area contributed by atoms with Gasteiger partial charge in [-0.15, -0.1) is 0 Å². The maximum atomic E-state index is 13.0. The maximum absolute atomic E-state index is 13.0. The number of fused-ring (bicyclic) bond motifs is 1. The first-order chi connectivity index (χ1) is 14.9. The fourth-order valence-corrected chi connectivity index (χ4v) is 3.89. The van der Waals surface area contributed by atoms with Gasteiger partial charge in [0.05, 0.1) is 36.6 Å². The number of hydrogen-bond acceptors (Lipinski definition) is 6. The molecule has 1 N–H and O–H groups in total. The summed E-state index contributed by atoms with van der Waals surface area (Å²) in [6, 6.07) is 12.5. The molecule has 0 aliphatic carbocycles. The summed E-state index contributed by atoms with van der Waals surface area (Å²) in [4.78, 5) is 30.3. The number of carbonyl (C=O) groups is 1. The standard InChI is InChI=1S/C23H27N3O4S/c1-15(2)11-12-26-22(28)17-7-5-6-8-18(17)25-23(26)31-14-21(27)24-19-10-9-16(29-3)13-20(19)30-4/h5-10,13,15H,11-12,14H2,1-4H3,(H,24,27). The predicted molar refractivity (Wildman–Crippen MR) is 124 cm³/mol. The van der Waals surface area contributed by atoms with Gasteiger partial charge in [-0.2, -0.15) is 0 Å². The van der Waals surface area contributed by atoms with Gasteiger partial charge in [-0.3, -0.25) is 14.2 Å². The quantitative estimate of drug-likeness (QED) is 0.396. The highest BCUT2D eigenvalue weighted by Gasteiger charge is 2.15. The number of amides is 1. The van der Waals surface area contributed by atoms with Gasteiger partial charge in [0.15, 0.2) is 5.16 Å². The zero-order chi connectivity index (χ0) is 22.4. The molecule has 0 aliphatic rings. The lowest BCUT2D eigenvalue weighted by Gasteiger charge is -2.15. The molecule has 164 valence electrons. The number of rotatable bonds is 9. The molecule has 8 heteroatoms. The summed E-state index contributed by atoms with van der Waals surface area (Å²) in [5.41, 5.74) is 1.11. The number of anilines is 1. The third-order valence-corrected chi connectivity index (χ3v) is 5.75. The largest absolute Gasteiger partial charge is 0.497 e. The summed E-state index contributed by atoms with van der Waals surface area (Å²) in [6.07, 6.45) is 0.850. The fraction of sp³-hybridized carbons (Fsp3) is 0.348. The van der Waals surface area contributed by atoms with E-state index in [0.717, 1.165) is 6.42 Å². The van der Waals surface area contributed by atoms with E-state index in [2.05, 4.69) is 24.1 Å². The van der Waals surface area contributed by atoms with Crippen LogP contribution in [0.4, 0.5) is 5.69 Å². The Labute approximate surface area is 185 Å². The molecule has 1 aromatic heterocycles. The van der Waals surface area contributed by atoms with Crippen LogP contribution in [-0.2, 0) is 11.3 Å². The van der Waals surface area contributed by atoms with E-state index in [-0.39, 0.29) is 17.2 Å². The van der Waals surface area contributed by atoms with Gasteiger partial charge in [-0.1, -0.05) is 37.7 Å². The average molecular weight is 442 g/mol. The van der Waals surface area contributed by atoms with E-state index < -0.39 is 0 Å². The van der Waals surface area contributed by atoms with Gasteiger partial charge in [-0.05, 0) is 36.6 Å². The highest BCUT2D eigenvalue weighted by atomic mass is 32.2. The van der Waals surface area contributed by atoms with Crippen molar-refractivity contribution in [3.05, 3.63) is 52.8 Å². The second-order valence-electron chi connectivity index (χ2n) is 7.45. The second kappa shape index (κ2) is 10.3.